The van der Waals surface area contributed by atoms with Crippen molar-refractivity contribution in [3.63, 3.8) is 0 Å². The van der Waals surface area contributed by atoms with Crippen LogP contribution in [0, 0.1) is 17.3 Å². The third kappa shape index (κ3) is 1.84. The molecule has 158 valence electrons. The molecule has 9 nitrogen and oxygen atoms in total. The van der Waals surface area contributed by atoms with Crippen molar-refractivity contribution in [1.82, 2.24) is 20.1 Å². The molecule has 6 atom stereocenters. The minimum Gasteiger partial charge on any atom is -0.323 e. The number of rotatable bonds is 1. The summed E-state index contributed by atoms with van der Waals surface area (Å²) in [6.45, 7) is 2.17. The molecule has 1 aromatic heterocycles. The van der Waals surface area contributed by atoms with Gasteiger partial charge in [0.05, 0.1) is 22.5 Å². The highest BCUT2D eigenvalue weighted by Gasteiger charge is 2.81. The Hall–Kier alpha value is -2.49. The molecule has 31 heavy (non-hydrogen) atoms. The number of carbonyl (C=O) groups excluding carboxylic acids is 3. The maximum absolute atomic E-state index is 13.8. The number of anilines is 2. The number of benzene rings is 1. The number of hydrogen-bond donors (Lipinski definition) is 2. The predicted octanol–water partition coefficient (Wildman–Crippen LogP) is 1.93. The summed E-state index contributed by atoms with van der Waals surface area (Å²) in [6, 6.07) is 3.16. The normalized spacial score (nSPS) is 39.7. The maximum Gasteiger partial charge on any atom is 0.250 e. The first-order valence-electron chi connectivity index (χ1n) is 10.1. The first kappa shape index (κ1) is 18.1. The van der Waals surface area contributed by atoms with Gasteiger partial charge in [0.15, 0.2) is 0 Å². The van der Waals surface area contributed by atoms with Gasteiger partial charge in [0.1, 0.15) is 11.9 Å². The number of H-pyrrole nitrogens is 1. The summed E-state index contributed by atoms with van der Waals surface area (Å²) < 4.78 is 0. The predicted molar refractivity (Wildman–Crippen MR) is 109 cm³/mol. The smallest absolute Gasteiger partial charge is 0.250 e. The first-order chi connectivity index (χ1) is 14.8. The molecule has 4 fully saturated rings. The van der Waals surface area contributed by atoms with Gasteiger partial charge >= 0.3 is 0 Å². The first-order valence-corrected chi connectivity index (χ1v) is 10.9. The molecule has 2 aromatic rings. The average molecular weight is 459 g/mol. The van der Waals surface area contributed by atoms with Gasteiger partial charge in [0.2, 0.25) is 17.8 Å². The van der Waals surface area contributed by atoms with Crippen molar-refractivity contribution in [2.75, 3.05) is 10.2 Å². The Bertz CT molecular complexity index is 1230. The van der Waals surface area contributed by atoms with E-state index in [0.717, 1.165) is 17.7 Å². The zero-order valence-electron chi connectivity index (χ0n) is 16.2. The topological polar surface area (TPSA) is 111 Å². The minimum absolute atomic E-state index is 0.0248. The lowest BCUT2D eigenvalue weighted by atomic mass is 9.75. The number of nitrogens with zero attached hydrogens (tertiary/aromatic N) is 4. The fourth-order valence-corrected chi connectivity index (χ4v) is 7.28. The van der Waals surface area contributed by atoms with Crippen LogP contribution in [0.15, 0.2) is 18.5 Å². The van der Waals surface area contributed by atoms with E-state index in [2.05, 4.69) is 32.3 Å². The molecule has 5 unspecified atom stereocenters. The van der Waals surface area contributed by atoms with Crippen molar-refractivity contribution in [3.8, 4) is 0 Å². The van der Waals surface area contributed by atoms with Crippen molar-refractivity contribution in [1.29, 1.82) is 0 Å². The molecule has 0 radical (unpaired) electrons. The number of aromatic nitrogens is 3. The second kappa shape index (κ2) is 5.28. The number of amides is 3. The molecular formula is C20H16Cl2N6O3. The Balaban J connectivity index is 1.50. The van der Waals surface area contributed by atoms with Gasteiger partial charge in [0.25, 0.3) is 5.91 Å². The van der Waals surface area contributed by atoms with E-state index in [9.17, 15) is 14.4 Å². The quantitative estimate of drug-likeness (QED) is 0.631. The Labute approximate surface area is 186 Å². The number of carbonyl (C=O) groups is 3. The fraction of sp³-hybridized carbons (Fsp3) is 0.450. The van der Waals surface area contributed by atoms with E-state index in [-0.39, 0.29) is 35.3 Å². The van der Waals surface area contributed by atoms with Gasteiger partial charge in [0, 0.05) is 22.7 Å². The Morgan fingerprint density at radius 1 is 1.16 bits per heavy atom. The van der Waals surface area contributed by atoms with E-state index in [4.69, 9.17) is 23.2 Å². The molecule has 3 saturated heterocycles. The number of aromatic amines is 1. The Morgan fingerprint density at radius 3 is 2.71 bits per heavy atom. The Kier molecular flexibility index (Phi) is 3.09. The number of fused-ring (bicyclic) bond motifs is 9. The number of halogens is 2. The van der Waals surface area contributed by atoms with Gasteiger partial charge in [-0.2, -0.15) is 10.1 Å². The summed E-state index contributed by atoms with van der Waals surface area (Å²) in [5, 5.41) is 9.98. The molecular weight excluding hydrogens is 443 g/mol. The lowest BCUT2D eigenvalue weighted by molar-refractivity contribution is -0.136. The molecule has 1 aliphatic carbocycles. The van der Waals surface area contributed by atoms with Crippen LogP contribution < -0.4 is 10.2 Å². The number of imide groups is 1. The van der Waals surface area contributed by atoms with Crippen LogP contribution in [0.1, 0.15) is 25.3 Å². The summed E-state index contributed by atoms with van der Waals surface area (Å²) in [5.41, 5.74) is -0.274. The second-order valence-electron chi connectivity index (χ2n) is 9.41. The van der Waals surface area contributed by atoms with Crippen LogP contribution in [0.25, 0.3) is 0 Å². The van der Waals surface area contributed by atoms with Crippen LogP contribution in [0.3, 0.4) is 0 Å². The zero-order valence-corrected chi connectivity index (χ0v) is 17.7. The highest BCUT2D eigenvalue weighted by molar-refractivity contribution is 6.38. The third-order valence-electron chi connectivity index (χ3n) is 7.96. The highest BCUT2D eigenvalue weighted by atomic mass is 35.5. The molecule has 4 aliphatic heterocycles. The summed E-state index contributed by atoms with van der Waals surface area (Å²) in [6.07, 6.45) is 2.92. The second-order valence-corrected chi connectivity index (χ2v) is 10.3. The maximum atomic E-state index is 13.8. The summed E-state index contributed by atoms with van der Waals surface area (Å²) >= 11 is 12.8. The average Bonchev–Trinajstić information content (AvgIpc) is 3.21. The number of piperidine rings is 1. The largest absolute Gasteiger partial charge is 0.323 e. The van der Waals surface area contributed by atoms with Crippen LogP contribution in [-0.2, 0) is 19.9 Å². The van der Waals surface area contributed by atoms with Crippen LogP contribution >= 0.6 is 23.2 Å². The van der Waals surface area contributed by atoms with E-state index in [1.165, 1.54) is 6.33 Å². The van der Waals surface area contributed by atoms with Crippen molar-refractivity contribution in [3.05, 3.63) is 34.1 Å². The fourth-order valence-electron chi connectivity index (χ4n) is 6.74. The lowest BCUT2D eigenvalue weighted by Gasteiger charge is -2.37. The van der Waals surface area contributed by atoms with E-state index in [1.54, 1.807) is 12.1 Å². The van der Waals surface area contributed by atoms with Crippen LogP contribution in [0.2, 0.25) is 10.0 Å². The van der Waals surface area contributed by atoms with E-state index >= 15 is 0 Å². The summed E-state index contributed by atoms with van der Waals surface area (Å²) in [7, 11) is 0. The standard InChI is InChI=1S/C20H16Cl2N6O3/c1-19-4-10-12-13(16(30)27(15(12)29)18-23-6-24-26-18)20(28(10)11(19)5-19)8-2-7(21)3-9(22)14(8)25-17(20)31/h2-3,6,10-13H,4-5H2,1H3,(H,25,31)(H,23,24,26)/t10?,11?,12?,13?,19-,20?/m1/s1. The molecule has 3 amide bonds. The molecule has 5 aliphatic rings. The summed E-state index contributed by atoms with van der Waals surface area (Å²) in [5.74, 6) is -2.61. The van der Waals surface area contributed by atoms with Crippen molar-refractivity contribution < 1.29 is 14.4 Å². The van der Waals surface area contributed by atoms with Gasteiger partial charge in [-0.25, -0.2) is 10.00 Å². The monoisotopic (exact) mass is 458 g/mol. The number of nitrogens with one attached hydrogen (secondary N) is 2. The van der Waals surface area contributed by atoms with Gasteiger partial charge in [-0.15, -0.1) is 0 Å². The molecule has 11 heteroatoms. The van der Waals surface area contributed by atoms with Crippen molar-refractivity contribution in [2.45, 2.75) is 37.4 Å². The molecule has 1 saturated carbocycles. The molecule has 1 aromatic carbocycles. The van der Waals surface area contributed by atoms with Crippen LogP contribution in [0.5, 0.6) is 0 Å². The van der Waals surface area contributed by atoms with E-state index in [1.807, 2.05) is 0 Å². The molecule has 0 bridgehead atoms. The highest BCUT2D eigenvalue weighted by Crippen LogP contribution is 2.71. The van der Waals surface area contributed by atoms with Gasteiger partial charge in [-0.05, 0) is 30.4 Å². The van der Waals surface area contributed by atoms with E-state index < -0.39 is 23.3 Å². The Morgan fingerprint density at radius 2 is 1.97 bits per heavy atom. The summed E-state index contributed by atoms with van der Waals surface area (Å²) in [4.78, 5) is 48.3. The SMILES string of the molecule is C[C@]12CC3C4C(=O)N(c5ncn[nH]5)C(=O)C4C4(C(=O)Nc5c(Cl)cc(Cl)cc54)N3C1C2. The van der Waals surface area contributed by atoms with E-state index in [0.29, 0.717) is 21.3 Å². The minimum atomic E-state index is -1.33. The van der Waals surface area contributed by atoms with Gasteiger partial charge < -0.3 is 5.32 Å². The lowest BCUT2D eigenvalue weighted by Crippen LogP contribution is -2.55. The molecule has 5 heterocycles. The van der Waals surface area contributed by atoms with Gasteiger partial charge in [-0.3, -0.25) is 19.3 Å². The molecule has 1 spiro atoms. The van der Waals surface area contributed by atoms with Crippen LogP contribution in [0.4, 0.5) is 11.6 Å². The number of hydrogen-bond acceptors (Lipinski definition) is 6. The molecule has 7 rings (SSSR count). The van der Waals surface area contributed by atoms with Gasteiger partial charge in [-0.1, -0.05) is 30.1 Å². The van der Waals surface area contributed by atoms with Crippen molar-refractivity contribution in [2.24, 2.45) is 17.3 Å². The zero-order chi connectivity index (χ0) is 21.4. The van der Waals surface area contributed by atoms with Crippen LogP contribution in [-0.4, -0.2) is 49.9 Å². The van der Waals surface area contributed by atoms with Crippen molar-refractivity contribution >= 4 is 52.6 Å². The third-order valence-corrected chi connectivity index (χ3v) is 8.48. The molecule has 2 N–H and O–H groups in total.